The third-order valence-electron chi connectivity index (χ3n) is 3.56. The summed E-state index contributed by atoms with van der Waals surface area (Å²) in [7, 11) is 0. The minimum absolute atomic E-state index is 0.186. The van der Waals surface area contributed by atoms with Crippen LogP contribution in [0, 0.1) is 0 Å². The minimum Gasteiger partial charge on any atom is -0.394 e. The first-order chi connectivity index (χ1) is 10.7. The number of halogens is 1. The van der Waals surface area contributed by atoms with Crippen LogP contribution in [0.1, 0.15) is 35.2 Å². The predicted octanol–water partition coefficient (Wildman–Crippen LogP) is -1.54. The van der Waals surface area contributed by atoms with Crippen LogP contribution in [0.5, 0.6) is 0 Å². The number of hydrogen-bond acceptors (Lipinski definition) is 7. The lowest BCUT2D eigenvalue weighted by Crippen LogP contribution is -2.46. The van der Waals surface area contributed by atoms with Crippen LogP contribution < -0.4 is 11.2 Å². The largest absolute Gasteiger partial charge is 0.394 e. The summed E-state index contributed by atoms with van der Waals surface area (Å²) in [6.07, 6.45) is -5.96. The molecule has 0 amide bonds. The first-order valence-electron chi connectivity index (χ1n) is 6.69. The van der Waals surface area contributed by atoms with Gasteiger partial charge in [-0.3, -0.25) is 19.0 Å². The molecule has 0 radical (unpaired) electrons. The Morgan fingerprint density at radius 1 is 1.35 bits per heavy atom. The monoisotopic (exact) mass is 330 g/mol. The Bertz CT molecular complexity index is 769. The molecule has 1 aromatic heterocycles. The highest BCUT2D eigenvalue weighted by molar-refractivity contribution is 5.94. The second-order valence-electron chi connectivity index (χ2n) is 5.13. The number of hydrogen-bond donors (Lipinski definition) is 2. The van der Waals surface area contributed by atoms with Crippen molar-refractivity contribution in [1.29, 1.82) is 0 Å². The molecule has 2 heterocycles. The maximum Gasteiger partial charge on any atom is 0.340 e. The Morgan fingerprint density at radius 2 is 1.96 bits per heavy atom. The fourth-order valence-electron chi connectivity index (χ4n) is 2.35. The van der Waals surface area contributed by atoms with Gasteiger partial charge in [0.1, 0.15) is 12.2 Å². The lowest BCUT2D eigenvalue weighted by Gasteiger charge is -2.18. The van der Waals surface area contributed by atoms with Gasteiger partial charge in [0.25, 0.3) is 5.56 Å². The van der Waals surface area contributed by atoms with Crippen molar-refractivity contribution in [1.82, 2.24) is 9.13 Å². The predicted molar refractivity (Wildman–Crippen MR) is 73.2 cm³/mol. The van der Waals surface area contributed by atoms with E-state index in [9.17, 15) is 28.7 Å². The number of carbonyl (C=O) groups is 2. The standard InChI is InChI=1S/C13H15FN2O7/c1-5(18)7-3-15(13(22)16(6(2)19)11(7)21)12-9(14)10(20)8(4-17)23-12/h3,8-10,12,17,20H,4H2,1-2H3/t8-,9?,10?,12-/m0/s1. The fraction of sp³-hybridized carbons (Fsp3) is 0.538. The number of carbonyl (C=O) groups excluding carboxylic acids is 2. The number of aliphatic hydroxyl groups excluding tert-OH is 2. The molecule has 1 aliphatic heterocycles. The van der Waals surface area contributed by atoms with E-state index in [4.69, 9.17) is 9.84 Å². The van der Waals surface area contributed by atoms with Crippen LogP contribution in [0.3, 0.4) is 0 Å². The minimum atomic E-state index is -2.09. The average Bonchev–Trinajstić information content (AvgIpc) is 2.74. The molecular formula is C13H15FN2O7. The van der Waals surface area contributed by atoms with Crippen molar-refractivity contribution in [3.63, 3.8) is 0 Å². The van der Waals surface area contributed by atoms with Crippen molar-refractivity contribution in [2.75, 3.05) is 6.61 Å². The van der Waals surface area contributed by atoms with Gasteiger partial charge in [0.05, 0.1) is 12.2 Å². The zero-order valence-electron chi connectivity index (χ0n) is 12.3. The van der Waals surface area contributed by atoms with Gasteiger partial charge in [0.15, 0.2) is 18.2 Å². The number of ketones is 1. The molecule has 1 fully saturated rings. The van der Waals surface area contributed by atoms with Gasteiger partial charge < -0.3 is 14.9 Å². The van der Waals surface area contributed by atoms with Gasteiger partial charge in [-0.2, -0.15) is 4.57 Å². The number of nitrogens with zero attached hydrogens (tertiary/aromatic N) is 2. The molecule has 2 unspecified atom stereocenters. The topological polar surface area (TPSA) is 128 Å². The van der Waals surface area contributed by atoms with E-state index in [1.807, 2.05) is 0 Å². The van der Waals surface area contributed by atoms with E-state index >= 15 is 0 Å². The third-order valence-corrected chi connectivity index (χ3v) is 3.56. The highest BCUT2D eigenvalue weighted by atomic mass is 19.1. The zero-order valence-corrected chi connectivity index (χ0v) is 12.3. The summed E-state index contributed by atoms with van der Waals surface area (Å²) in [5.74, 6) is -1.68. The molecule has 10 heteroatoms. The van der Waals surface area contributed by atoms with Gasteiger partial charge >= 0.3 is 5.69 Å². The van der Waals surface area contributed by atoms with E-state index in [1.54, 1.807) is 0 Å². The van der Waals surface area contributed by atoms with Crippen molar-refractivity contribution < 1.29 is 28.9 Å². The molecule has 0 spiro atoms. The highest BCUT2D eigenvalue weighted by Crippen LogP contribution is 2.30. The lowest BCUT2D eigenvalue weighted by atomic mass is 10.1. The number of Topliss-reactive ketones (excluding diaryl/α,β-unsaturated/α-hetero) is 1. The Balaban J connectivity index is 2.69. The normalized spacial score (nSPS) is 27.2. The van der Waals surface area contributed by atoms with Crippen LogP contribution >= 0.6 is 0 Å². The molecule has 1 saturated heterocycles. The Kier molecular flexibility index (Phi) is 4.59. The molecule has 1 aromatic rings. The molecule has 0 aliphatic carbocycles. The average molecular weight is 330 g/mol. The van der Waals surface area contributed by atoms with E-state index in [2.05, 4.69) is 0 Å². The first kappa shape index (κ1) is 17.2. The van der Waals surface area contributed by atoms with Crippen LogP contribution in [-0.4, -0.2) is 56.0 Å². The molecule has 0 aromatic carbocycles. The molecular weight excluding hydrogens is 315 g/mol. The van der Waals surface area contributed by atoms with Gasteiger partial charge in [-0.05, 0) is 6.92 Å². The fourth-order valence-corrected chi connectivity index (χ4v) is 2.35. The zero-order chi connectivity index (χ0) is 17.5. The van der Waals surface area contributed by atoms with Crippen molar-refractivity contribution >= 4 is 11.7 Å². The Hall–Kier alpha value is -2.17. The maximum atomic E-state index is 14.1. The number of aliphatic hydroxyl groups is 2. The number of aromatic nitrogens is 2. The third kappa shape index (κ3) is 2.76. The summed E-state index contributed by atoms with van der Waals surface area (Å²) in [6, 6.07) is 0. The molecule has 126 valence electrons. The van der Waals surface area contributed by atoms with Crippen molar-refractivity contribution in [3.8, 4) is 0 Å². The number of ether oxygens (including phenoxy) is 1. The quantitative estimate of drug-likeness (QED) is 0.643. The maximum absolute atomic E-state index is 14.1. The van der Waals surface area contributed by atoms with Crippen molar-refractivity contribution in [2.45, 2.75) is 38.5 Å². The Morgan fingerprint density at radius 3 is 2.39 bits per heavy atom. The molecule has 23 heavy (non-hydrogen) atoms. The van der Waals surface area contributed by atoms with Crippen molar-refractivity contribution in [3.05, 3.63) is 32.6 Å². The van der Waals surface area contributed by atoms with Gasteiger partial charge in [-0.15, -0.1) is 0 Å². The molecule has 0 bridgehead atoms. The number of alkyl halides is 1. The van der Waals surface area contributed by atoms with Gasteiger partial charge in [0.2, 0.25) is 5.91 Å². The van der Waals surface area contributed by atoms with E-state index in [1.165, 1.54) is 0 Å². The highest BCUT2D eigenvalue weighted by Gasteiger charge is 2.45. The summed E-state index contributed by atoms with van der Waals surface area (Å²) in [6.45, 7) is 1.29. The summed E-state index contributed by atoms with van der Waals surface area (Å²) >= 11 is 0. The summed E-state index contributed by atoms with van der Waals surface area (Å²) in [4.78, 5) is 47.3. The van der Waals surface area contributed by atoms with E-state index in [0.29, 0.717) is 4.57 Å². The van der Waals surface area contributed by atoms with Gasteiger partial charge in [0, 0.05) is 13.1 Å². The van der Waals surface area contributed by atoms with E-state index < -0.39 is 59.7 Å². The summed E-state index contributed by atoms with van der Waals surface area (Å²) in [5, 5.41) is 18.6. The van der Waals surface area contributed by atoms with Gasteiger partial charge in [-0.1, -0.05) is 0 Å². The summed E-state index contributed by atoms with van der Waals surface area (Å²) < 4.78 is 20.0. The SMILES string of the molecule is CC(=O)c1cn([C@H]2O[C@@H](CO)C(O)C2F)c(=O)n(C(C)=O)c1=O. The molecule has 4 atom stereocenters. The second-order valence-corrected chi connectivity index (χ2v) is 5.13. The van der Waals surface area contributed by atoms with Crippen LogP contribution in [0.15, 0.2) is 15.8 Å². The number of rotatable bonds is 3. The lowest BCUT2D eigenvalue weighted by molar-refractivity contribution is -0.0495. The van der Waals surface area contributed by atoms with Crippen LogP contribution in [0.4, 0.5) is 4.39 Å². The van der Waals surface area contributed by atoms with Crippen molar-refractivity contribution in [2.24, 2.45) is 0 Å². The van der Waals surface area contributed by atoms with Crippen LogP contribution in [0.2, 0.25) is 0 Å². The van der Waals surface area contributed by atoms with E-state index in [-0.39, 0.29) is 4.57 Å². The smallest absolute Gasteiger partial charge is 0.340 e. The van der Waals surface area contributed by atoms with E-state index in [0.717, 1.165) is 20.0 Å². The second kappa shape index (κ2) is 6.14. The molecule has 2 rings (SSSR count). The molecule has 9 nitrogen and oxygen atoms in total. The molecule has 1 aliphatic rings. The Labute approximate surface area is 128 Å². The van der Waals surface area contributed by atoms with Crippen LogP contribution in [0.25, 0.3) is 0 Å². The first-order valence-corrected chi connectivity index (χ1v) is 6.69. The van der Waals surface area contributed by atoms with Gasteiger partial charge in [-0.25, -0.2) is 9.18 Å². The molecule has 0 saturated carbocycles. The summed E-state index contributed by atoms with van der Waals surface area (Å²) in [5.41, 5.74) is -2.82. The van der Waals surface area contributed by atoms with Crippen LogP contribution in [-0.2, 0) is 4.74 Å². The molecule has 2 N–H and O–H groups in total.